The summed E-state index contributed by atoms with van der Waals surface area (Å²) in [5.41, 5.74) is -1.17. The smallest absolute Gasteiger partial charge is 0.201 e. The summed E-state index contributed by atoms with van der Waals surface area (Å²) in [5, 5.41) is 0. The van der Waals surface area contributed by atoms with Gasteiger partial charge in [0.05, 0.1) is 24.9 Å². The van der Waals surface area contributed by atoms with Crippen LogP contribution in [0.1, 0.15) is 99.3 Å². The Labute approximate surface area is 262 Å². The van der Waals surface area contributed by atoms with Gasteiger partial charge in [0.1, 0.15) is 0 Å². The van der Waals surface area contributed by atoms with E-state index in [0.717, 1.165) is 38.5 Å². The molecule has 2 aliphatic carbocycles. The Kier molecular flexibility index (Phi) is 7.46. The third kappa shape index (κ3) is 4.29. The molecule has 2 saturated carbocycles. The molecule has 44 heavy (non-hydrogen) atoms. The number of hydrogen-bond acceptors (Lipinski definition) is 9. The molecule has 0 aromatic heterocycles. The van der Waals surface area contributed by atoms with Crippen LogP contribution >= 0.6 is 0 Å². The maximum atomic E-state index is 7.06. The van der Waals surface area contributed by atoms with Crippen molar-refractivity contribution in [1.82, 2.24) is 0 Å². The first-order chi connectivity index (χ1) is 21.0. The van der Waals surface area contributed by atoms with E-state index in [2.05, 4.69) is 34.3 Å². The second-order valence-electron chi connectivity index (χ2n) is 16.2. The summed E-state index contributed by atoms with van der Waals surface area (Å²) in [6.45, 7) is 17.7. The molecule has 9 heteroatoms. The average molecular weight is 619 g/mol. The van der Waals surface area contributed by atoms with Gasteiger partial charge in [-0.1, -0.05) is 33.8 Å². The first kappa shape index (κ1) is 30.7. The summed E-state index contributed by atoms with van der Waals surface area (Å²) in [5.74, 6) is 1.06. The van der Waals surface area contributed by atoms with E-state index in [9.17, 15) is 0 Å². The van der Waals surface area contributed by atoms with Gasteiger partial charge in [-0.15, -0.1) is 6.58 Å². The third-order valence-corrected chi connectivity index (χ3v) is 13.8. The Hall–Kier alpha value is -0.620. The van der Waals surface area contributed by atoms with Crippen LogP contribution in [0.4, 0.5) is 0 Å². The zero-order valence-electron chi connectivity index (χ0n) is 27.5. The molecule has 8 saturated heterocycles. The van der Waals surface area contributed by atoms with Crippen LogP contribution < -0.4 is 0 Å². The van der Waals surface area contributed by atoms with Crippen molar-refractivity contribution >= 4 is 0 Å². The topological polar surface area (TPSA) is 83.1 Å². The van der Waals surface area contributed by atoms with Crippen molar-refractivity contribution in [1.29, 1.82) is 0 Å². The minimum absolute atomic E-state index is 0.0829. The lowest BCUT2D eigenvalue weighted by Gasteiger charge is -2.62. The molecule has 10 fully saturated rings. The molecule has 0 N–H and O–H groups in total. The molecule has 248 valence electrons. The molecule has 2 spiro atoms. The highest BCUT2D eigenvalue weighted by atomic mass is 17.3. The van der Waals surface area contributed by atoms with Crippen LogP contribution in [0, 0.1) is 47.3 Å². The second kappa shape index (κ2) is 10.7. The van der Waals surface area contributed by atoms with E-state index < -0.39 is 35.4 Å². The SMILES string of the molecule is C=CCO[C@@H](C[C@H]1O[C@@H]2O[C@]3(C)CC[C@H]4[C@H](C)CC[C@@H]([C@H]1C)[C@@]24OO3)C1O[C@@H]2O[C@]3(C)CC[C@H]4[C@H](C)CC[C@@H]([C@H]1C)[C@@]24OO3. The summed E-state index contributed by atoms with van der Waals surface area (Å²) in [6.07, 6.45) is 9.19. The lowest BCUT2D eigenvalue weighted by molar-refractivity contribution is -0.574. The molecule has 8 aliphatic heterocycles. The molecule has 8 heterocycles. The van der Waals surface area contributed by atoms with Gasteiger partial charge in [0, 0.05) is 31.1 Å². The van der Waals surface area contributed by atoms with Gasteiger partial charge in [-0.3, -0.25) is 0 Å². The molecule has 0 amide bonds. The van der Waals surface area contributed by atoms with Crippen molar-refractivity contribution in [2.75, 3.05) is 6.61 Å². The predicted octanol–water partition coefficient (Wildman–Crippen LogP) is 6.45. The molecule has 10 aliphatic rings. The quantitative estimate of drug-likeness (QED) is 0.246. The van der Waals surface area contributed by atoms with Crippen molar-refractivity contribution in [2.45, 2.75) is 153 Å². The van der Waals surface area contributed by atoms with Crippen molar-refractivity contribution in [3.63, 3.8) is 0 Å². The highest BCUT2D eigenvalue weighted by Gasteiger charge is 2.71. The molecule has 0 aromatic carbocycles. The number of hydrogen-bond donors (Lipinski definition) is 0. The van der Waals surface area contributed by atoms with Gasteiger partial charge in [-0.2, -0.15) is 0 Å². The first-order valence-electron chi connectivity index (χ1n) is 17.7. The third-order valence-electron chi connectivity index (χ3n) is 13.8. The van der Waals surface area contributed by atoms with Gasteiger partial charge >= 0.3 is 0 Å². The van der Waals surface area contributed by atoms with Gasteiger partial charge in [-0.25, -0.2) is 19.6 Å². The summed E-state index contributed by atoms with van der Waals surface area (Å²) >= 11 is 0. The van der Waals surface area contributed by atoms with Crippen LogP contribution in [0.15, 0.2) is 12.7 Å². The summed E-state index contributed by atoms with van der Waals surface area (Å²) in [6, 6.07) is 0. The Balaban J connectivity index is 1.10. The van der Waals surface area contributed by atoms with Crippen molar-refractivity contribution < 1.29 is 43.2 Å². The summed E-state index contributed by atoms with van der Waals surface area (Å²) in [7, 11) is 0. The fourth-order valence-corrected chi connectivity index (χ4v) is 11.3. The van der Waals surface area contributed by atoms with Crippen LogP contribution in [0.3, 0.4) is 0 Å². The Morgan fingerprint density at radius 1 is 0.705 bits per heavy atom. The Morgan fingerprint density at radius 2 is 1.25 bits per heavy atom. The second-order valence-corrected chi connectivity index (χ2v) is 16.2. The van der Waals surface area contributed by atoms with Gasteiger partial charge in [0.25, 0.3) is 0 Å². The number of ether oxygens (including phenoxy) is 5. The van der Waals surface area contributed by atoms with Crippen LogP contribution in [-0.4, -0.2) is 60.3 Å². The van der Waals surface area contributed by atoms with E-state index in [1.54, 1.807) is 0 Å². The maximum absolute atomic E-state index is 7.06. The fraction of sp³-hybridized carbons (Fsp3) is 0.943. The number of rotatable bonds is 6. The Morgan fingerprint density at radius 3 is 1.82 bits per heavy atom. The molecule has 1 unspecified atom stereocenters. The van der Waals surface area contributed by atoms with Crippen LogP contribution in [-0.2, 0) is 43.2 Å². The van der Waals surface area contributed by atoms with Crippen LogP contribution in [0.25, 0.3) is 0 Å². The molecule has 0 radical (unpaired) electrons. The van der Waals surface area contributed by atoms with E-state index >= 15 is 0 Å². The molecule has 17 atom stereocenters. The van der Waals surface area contributed by atoms with E-state index in [1.807, 2.05) is 19.9 Å². The lowest BCUT2D eigenvalue weighted by Crippen LogP contribution is -2.72. The van der Waals surface area contributed by atoms with Crippen LogP contribution in [0.5, 0.6) is 0 Å². The highest BCUT2D eigenvalue weighted by Crippen LogP contribution is 2.63. The van der Waals surface area contributed by atoms with Crippen molar-refractivity contribution in [3.8, 4) is 0 Å². The molecule has 0 aromatic rings. The molecule has 9 nitrogen and oxygen atoms in total. The van der Waals surface area contributed by atoms with E-state index in [4.69, 9.17) is 43.2 Å². The fourth-order valence-electron chi connectivity index (χ4n) is 11.3. The minimum Gasteiger partial charge on any atom is -0.371 e. The van der Waals surface area contributed by atoms with E-state index in [1.165, 1.54) is 12.8 Å². The normalized spacial score (nSPS) is 58.3. The molecule has 4 bridgehead atoms. The maximum Gasteiger partial charge on any atom is 0.201 e. The van der Waals surface area contributed by atoms with E-state index in [0.29, 0.717) is 36.7 Å². The average Bonchev–Trinajstić information content (AvgIpc) is 3.37. The van der Waals surface area contributed by atoms with E-state index in [-0.39, 0.29) is 42.0 Å². The van der Waals surface area contributed by atoms with Crippen LogP contribution in [0.2, 0.25) is 0 Å². The largest absolute Gasteiger partial charge is 0.371 e. The molecular weight excluding hydrogens is 564 g/mol. The van der Waals surface area contributed by atoms with Gasteiger partial charge in [-0.05, 0) is 87.9 Å². The standard InChI is InChI=1S/C35H54O9/c1-8-17-36-28(29-22(5)26-12-10-20(3)24-14-16-33(7)40-31(38-29)35(24,26)44-42-33)18-27-21(4)25-11-9-19(2)23-13-15-32(6)39-30(37-27)34(23,25)43-41-32/h8,19-31H,1,9-18H2,2-7H3/t19-,20-,21-,22-,23+,24+,25+,26+,27-,28+,29?,30-,31-,32+,33+,34-,35-/m1/s1. The van der Waals surface area contributed by atoms with Gasteiger partial charge in [0.2, 0.25) is 11.6 Å². The number of fused-ring (bicyclic) bond motifs is 4. The lowest BCUT2D eigenvalue weighted by atomic mass is 9.56. The highest BCUT2D eigenvalue weighted by molar-refractivity contribution is 5.13. The zero-order chi connectivity index (χ0) is 30.6. The molecule has 10 rings (SSSR count). The zero-order valence-corrected chi connectivity index (χ0v) is 27.5. The van der Waals surface area contributed by atoms with Crippen molar-refractivity contribution in [2.24, 2.45) is 47.3 Å². The first-order valence-corrected chi connectivity index (χ1v) is 17.7. The van der Waals surface area contributed by atoms with Gasteiger partial charge in [0.15, 0.2) is 23.8 Å². The molecular formula is C35H54O9. The Bertz CT molecular complexity index is 1120. The minimum atomic E-state index is -0.807. The summed E-state index contributed by atoms with van der Waals surface area (Å²) < 4.78 is 34.1. The van der Waals surface area contributed by atoms with Crippen molar-refractivity contribution in [3.05, 3.63) is 12.7 Å². The monoisotopic (exact) mass is 618 g/mol. The van der Waals surface area contributed by atoms with Gasteiger partial charge < -0.3 is 23.7 Å². The predicted molar refractivity (Wildman–Crippen MR) is 158 cm³/mol. The summed E-state index contributed by atoms with van der Waals surface area (Å²) in [4.78, 5) is 24.9.